The van der Waals surface area contributed by atoms with Crippen molar-refractivity contribution in [3.8, 4) is 11.8 Å². The van der Waals surface area contributed by atoms with E-state index in [1.807, 2.05) is 0 Å². The highest BCUT2D eigenvalue weighted by atomic mass is 16.3. The molecule has 1 saturated carbocycles. The van der Waals surface area contributed by atoms with Crippen molar-refractivity contribution in [2.45, 2.75) is 103 Å². The van der Waals surface area contributed by atoms with Gasteiger partial charge in [-0.05, 0) is 31.6 Å². The lowest BCUT2D eigenvalue weighted by Gasteiger charge is -2.19. The normalized spacial score (nSPS) is 22.4. The van der Waals surface area contributed by atoms with Gasteiger partial charge in [0.2, 0.25) is 11.7 Å². The van der Waals surface area contributed by atoms with Crippen LogP contribution in [0.3, 0.4) is 0 Å². The highest BCUT2D eigenvalue weighted by molar-refractivity contribution is 5.83. The number of fused-ring (bicyclic) bond motifs is 1. The molecule has 3 rings (SSSR count). The van der Waals surface area contributed by atoms with Crippen LogP contribution in [-0.2, 0) is 4.79 Å². The molecule has 4 N–H and O–H groups in total. The smallest absolute Gasteiger partial charge is 0.220 e. The second kappa shape index (κ2) is 11.4. The average Bonchev–Trinajstić information content (AvgIpc) is 3.36. The van der Waals surface area contributed by atoms with Gasteiger partial charge in [0, 0.05) is 18.9 Å². The molecular formula is C24H36N6O3. The maximum absolute atomic E-state index is 11.9. The summed E-state index contributed by atoms with van der Waals surface area (Å²) in [5.74, 6) is 7.07. The summed E-state index contributed by atoms with van der Waals surface area (Å²) in [5, 5.41) is 27.6. The number of nitrogens with one attached hydrogen (secondary N) is 2. The van der Waals surface area contributed by atoms with E-state index in [0.717, 1.165) is 32.1 Å². The van der Waals surface area contributed by atoms with Crippen molar-refractivity contribution in [3.05, 3.63) is 12.2 Å². The summed E-state index contributed by atoms with van der Waals surface area (Å²) >= 11 is 0. The Morgan fingerprint density at radius 3 is 2.64 bits per heavy atom. The van der Waals surface area contributed by atoms with Crippen molar-refractivity contribution < 1.29 is 15.0 Å². The minimum Gasteiger partial charge on any atom is -0.388 e. The van der Waals surface area contributed by atoms with E-state index in [0.29, 0.717) is 35.6 Å². The Bertz CT molecular complexity index is 1010. The molecule has 0 spiro atoms. The molecule has 9 nitrogen and oxygen atoms in total. The first-order chi connectivity index (χ1) is 15.9. The van der Waals surface area contributed by atoms with E-state index in [2.05, 4.69) is 58.2 Å². The number of amides is 1. The molecule has 0 aromatic carbocycles. The van der Waals surface area contributed by atoms with Gasteiger partial charge in [-0.25, -0.2) is 15.0 Å². The number of rotatable bonds is 9. The summed E-state index contributed by atoms with van der Waals surface area (Å²) in [4.78, 5) is 25.7. The number of anilines is 1. The van der Waals surface area contributed by atoms with Gasteiger partial charge in [-0.2, -0.15) is 0 Å². The number of aliphatic hydroxyl groups excluding tert-OH is 2. The van der Waals surface area contributed by atoms with Gasteiger partial charge in [0.1, 0.15) is 12.2 Å². The predicted molar refractivity (Wildman–Crippen MR) is 128 cm³/mol. The van der Waals surface area contributed by atoms with E-state index < -0.39 is 24.3 Å². The largest absolute Gasteiger partial charge is 0.388 e. The zero-order valence-electron chi connectivity index (χ0n) is 20.0. The number of unbranched alkanes of at least 4 members (excludes halogenated alkanes) is 2. The number of hydrogen-bond donors (Lipinski definition) is 4. The van der Waals surface area contributed by atoms with E-state index >= 15 is 0 Å². The Hall–Kier alpha value is -2.70. The van der Waals surface area contributed by atoms with Crippen LogP contribution in [0.1, 0.15) is 84.5 Å². The van der Waals surface area contributed by atoms with Crippen molar-refractivity contribution in [1.82, 2.24) is 24.8 Å². The highest BCUT2D eigenvalue weighted by Crippen LogP contribution is 2.34. The zero-order valence-corrected chi connectivity index (χ0v) is 20.0. The Morgan fingerprint density at radius 2 is 1.97 bits per heavy atom. The molecule has 2 heterocycles. The third kappa shape index (κ3) is 5.63. The summed E-state index contributed by atoms with van der Waals surface area (Å²) in [6.45, 7) is 8.11. The number of hydrogen-bond acceptors (Lipinski definition) is 7. The number of aromatic nitrogens is 4. The number of carbonyl (C=O) groups is 1. The monoisotopic (exact) mass is 456 g/mol. The summed E-state index contributed by atoms with van der Waals surface area (Å²) in [6, 6.07) is -0.780. The number of nitrogens with zero attached hydrogens (tertiary/aromatic N) is 4. The molecule has 180 valence electrons. The molecular weight excluding hydrogens is 420 g/mol. The summed E-state index contributed by atoms with van der Waals surface area (Å²) in [7, 11) is 0. The fourth-order valence-corrected chi connectivity index (χ4v) is 4.14. The van der Waals surface area contributed by atoms with Crippen LogP contribution in [0.5, 0.6) is 0 Å². The second-order valence-electron chi connectivity index (χ2n) is 8.59. The van der Waals surface area contributed by atoms with Gasteiger partial charge in [-0.15, -0.1) is 0 Å². The van der Waals surface area contributed by atoms with Crippen LogP contribution in [0.15, 0.2) is 6.33 Å². The van der Waals surface area contributed by atoms with E-state index in [4.69, 9.17) is 0 Å². The first-order valence-electron chi connectivity index (χ1n) is 12.1. The Kier molecular flexibility index (Phi) is 8.64. The molecule has 2 aromatic heterocycles. The fraction of sp³-hybridized carbons (Fsp3) is 0.667. The van der Waals surface area contributed by atoms with E-state index in [9.17, 15) is 15.0 Å². The third-order valence-corrected chi connectivity index (χ3v) is 6.28. The summed E-state index contributed by atoms with van der Waals surface area (Å²) in [5.41, 5.74) is 1.15. The number of carbonyl (C=O) groups excluding carboxylic acids is 1. The molecule has 0 unspecified atom stereocenters. The quantitative estimate of drug-likeness (QED) is 0.337. The molecule has 1 fully saturated rings. The summed E-state index contributed by atoms with van der Waals surface area (Å²) < 4.78 is 1.78. The molecule has 0 aliphatic heterocycles. The first kappa shape index (κ1) is 24.9. The lowest BCUT2D eigenvalue weighted by atomic mass is 10.2. The van der Waals surface area contributed by atoms with Crippen LogP contribution >= 0.6 is 0 Å². The van der Waals surface area contributed by atoms with E-state index in [1.165, 1.54) is 0 Å². The van der Waals surface area contributed by atoms with Crippen LogP contribution in [0.25, 0.3) is 11.2 Å². The van der Waals surface area contributed by atoms with Gasteiger partial charge >= 0.3 is 0 Å². The molecule has 33 heavy (non-hydrogen) atoms. The second-order valence-corrected chi connectivity index (χ2v) is 8.59. The van der Waals surface area contributed by atoms with Crippen LogP contribution in [0, 0.1) is 11.8 Å². The highest BCUT2D eigenvalue weighted by Gasteiger charge is 2.43. The zero-order chi connectivity index (χ0) is 24.0. The van der Waals surface area contributed by atoms with Gasteiger partial charge in [-0.3, -0.25) is 4.79 Å². The van der Waals surface area contributed by atoms with Crippen LogP contribution in [0.2, 0.25) is 0 Å². The van der Waals surface area contributed by atoms with E-state index in [-0.39, 0.29) is 11.9 Å². The lowest BCUT2D eigenvalue weighted by Crippen LogP contribution is -2.42. The predicted octanol–water partition coefficient (Wildman–Crippen LogP) is 2.53. The molecule has 1 aliphatic carbocycles. The Balaban J connectivity index is 2.00. The Morgan fingerprint density at radius 1 is 1.21 bits per heavy atom. The van der Waals surface area contributed by atoms with Crippen LogP contribution < -0.4 is 10.6 Å². The van der Waals surface area contributed by atoms with Crippen LogP contribution in [-0.4, -0.2) is 59.9 Å². The van der Waals surface area contributed by atoms with Gasteiger partial charge in [-0.1, -0.05) is 40.0 Å². The van der Waals surface area contributed by atoms with E-state index in [1.54, 1.807) is 17.8 Å². The van der Waals surface area contributed by atoms with Crippen molar-refractivity contribution in [1.29, 1.82) is 0 Å². The van der Waals surface area contributed by atoms with Gasteiger partial charge in [0.15, 0.2) is 17.0 Å². The molecule has 4 atom stereocenters. The lowest BCUT2D eigenvalue weighted by molar-refractivity contribution is -0.122. The first-order valence-corrected chi connectivity index (χ1v) is 12.1. The van der Waals surface area contributed by atoms with Crippen LogP contribution in [0.4, 0.5) is 5.82 Å². The fourth-order valence-electron chi connectivity index (χ4n) is 4.14. The molecule has 0 saturated heterocycles. The minimum absolute atomic E-state index is 0.161. The topological polar surface area (TPSA) is 125 Å². The van der Waals surface area contributed by atoms with Gasteiger partial charge < -0.3 is 25.4 Å². The SMILES string of the molecule is CCCCC#Cc1nc(NC(CC)CC)c2ncn([C@@H]3C[C@H](NC(=O)CC)[C@@H](O)[C@H]3O)c2n1. The molecule has 0 radical (unpaired) electrons. The molecule has 1 aliphatic rings. The maximum Gasteiger partial charge on any atom is 0.220 e. The Labute approximate surface area is 195 Å². The van der Waals surface area contributed by atoms with Crippen molar-refractivity contribution >= 4 is 22.9 Å². The maximum atomic E-state index is 11.9. The van der Waals surface area contributed by atoms with Crippen molar-refractivity contribution in [3.63, 3.8) is 0 Å². The summed E-state index contributed by atoms with van der Waals surface area (Å²) in [6.07, 6.45) is 4.92. The third-order valence-electron chi connectivity index (χ3n) is 6.28. The molecule has 9 heteroatoms. The minimum atomic E-state index is -1.07. The standard InChI is InChI=1S/C24H36N6O3/c1-5-9-10-11-12-18-28-23(26-15(6-2)7-3)20-24(29-18)30(14-25-20)17-13-16(21(32)22(17)33)27-19(31)8-4/h14-17,21-22,32-33H,5-10,13H2,1-4H3,(H,27,31)(H,26,28,29)/t16-,17+,21+,22-/m0/s1. The van der Waals surface area contributed by atoms with Gasteiger partial charge in [0.25, 0.3) is 0 Å². The number of aliphatic hydroxyl groups is 2. The average molecular weight is 457 g/mol. The number of imidazole rings is 1. The van der Waals surface area contributed by atoms with Crippen molar-refractivity contribution in [2.75, 3.05) is 5.32 Å². The molecule has 1 amide bonds. The molecule has 2 aromatic rings. The van der Waals surface area contributed by atoms with Crippen molar-refractivity contribution in [2.24, 2.45) is 0 Å². The van der Waals surface area contributed by atoms with Gasteiger partial charge in [0.05, 0.1) is 18.4 Å². The molecule has 0 bridgehead atoms.